The number of nitrogens with one attached hydrogen (secondary N) is 1. The molecule has 142 valence electrons. The molecule has 2 aromatic carbocycles. The average Bonchev–Trinajstić information content (AvgIpc) is 2.69. The smallest absolute Gasteiger partial charge is 0.313 e. The number of hydrogen-bond donors (Lipinski definition) is 2. The van der Waals surface area contributed by atoms with Gasteiger partial charge in [0.05, 0.1) is 17.8 Å². The van der Waals surface area contributed by atoms with E-state index in [0.717, 1.165) is 29.7 Å². The Balaban J connectivity index is 1.66. The number of hydrogen-bond acceptors (Lipinski definition) is 4. The molecule has 2 unspecified atom stereocenters. The number of carboxylic acid groups (broad SMARTS) is 1. The summed E-state index contributed by atoms with van der Waals surface area (Å²) in [5, 5.41) is 11.7. The van der Waals surface area contributed by atoms with Crippen molar-refractivity contribution in [2.75, 3.05) is 17.7 Å². The second-order valence-electron chi connectivity index (χ2n) is 6.53. The fourth-order valence-corrected chi connectivity index (χ4v) is 3.94. The van der Waals surface area contributed by atoms with Gasteiger partial charge in [-0.3, -0.25) is 9.59 Å². The molecule has 0 aliphatic carbocycles. The van der Waals surface area contributed by atoms with E-state index in [0.29, 0.717) is 12.4 Å². The molecular formula is C21H23NO4S. The van der Waals surface area contributed by atoms with Crippen molar-refractivity contribution in [3.63, 3.8) is 0 Å². The molecule has 2 N–H and O–H groups in total. The molecule has 27 heavy (non-hydrogen) atoms. The molecule has 0 saturated carbocycles. The second kappa shape index (κ2) is 9.58. The van der Waals surface area contributed by atoms with Gasteiger partial charge in [-0.15, -0.1) is 11.8 Å². The molecular weight excluding hydrogens is 362 g/mol. The van der Waals surface area contributed by atoms with Crippen molar-refractivity contribution in [3.05, 3.63) is 65.7 Å². The third kappa shape index (κ3) is 5.58. The zero-order chi connectivity index (χ0) is 19.1. The lowest BCUT2D eigenvalue weighted by Crippen LogP contribution is -2.33. The average molecular weight is 385 g/mol. The molecule has 1 aliphatic rings. The highest BCUT2D eigenvalue weighted by Gasteiger charge is 2.33. The Morgan fingerprint density at radius 2 is 1.96 bits per heavy atom. The third-order valence-electron chi connectivity index (χ3n) is 4.48. The minimum atomic E-state index is -0.825. The molecule has 6 heteroatoms. The first-order valence-corrected chi connectivity index (χ1v) is 10.1. The van der Waals surface area contributed by atoms with Crippen LogP contribution in [0.5, 0.6) is 0 Å². The maximum atomic E-state index is 12.9. The van der Waals surface area contributed by atoms with Crippen molar-refractivity contribution in [1.82, 2.24) is 0 Å². The van der Waals surface area contributed by atoms with E-state index < -0.39 is 5.97 Å². The highest BCUT2D eigenvalue weighted by atomic mass is 32.2. The Kier molecular flexibility index (Phi) is 6.90. The van der Waals surface area contributed by atoms with Crippen LogP contribution >= 0.6 is 11.8 Å². The first-order valence-electron chi connectivity index (χ1n) is 8.99. The molecule has 2 atom stereocenters. The standard InChI is InChI=1S/C21H23NO4S/c23-19(24)14-27-13-15-6-4-9-17(12-15)22-21(25)18-10-5-11-26-20(18)16-7-2-1-3-8-16/h1-4,6-9,12,18,20H,5,10-11,13-14H2,(H,22,25)(H,23,24). The lowest BCUT2D eigenvalue weighted by Gasteiger charge is -2.31. The van der Waals surface area contributed by atoms with Gasteiger partial charge in [-0.1, -0.05) is 42.5 Å². The Morgan fingerprint density at radius 1 is 1.15 bits per heavy atom. The summed E-state index contributed by atoms with van der Waals surface area (Å²) < 4.78 is 5.91. The van der Waals surface area contributed by atoms with Crippen molar-refractivity contribution >= 4 is 29.3 Å². The van der Waals surface area contributed by atoms with Gasteiger partial charge >= 0.3 is 5.97 Å². The Hall–Kier alpha value is -2.31. The summed E-state index contributed by atoms with van der Waals surface area (Å²) in [6.07, 6.45) is 1.43. The minimum absolute atomic E-state index is 0.0427. The molecule has 5 nitrogen and oxygen atoms in total. The van der Waals surface area contributed by atoms with Crippen LogP contribution in [0.2, 0.25) is 0 Å². The number of aliphatic carboxylic acids is 1. The number of carbonyl (C=O) groups excluding carboxylic acids is 1. The molecule has 3 rings (SSSR count). The Labute approximate surface area is 163 Å². The summed E-state index contributed by atoms with van der Waals surface area (Å²) in [6.45, 7) is 0.666. The van der Waals surface area contributed by atoms with Crippen LogP contribution in [0.15, 0.2) is 54.6 Å². The monoisotopic (exact) mass is 385 g/mol. The van der Waals surface area contributed by atoms with E-state index in [1.165, 1.54) is 11.8 Å². The summed E-state index contributed by atoms with van der Waals surface area (Å²) in [7, 11) is 0. The van der Waals surface area contributed by atoms with Crippen LogP contribution in [-0.2, 0) is 20.1 Å². The summed E-state index contributed by atoms with van der Waals surface area (Å²) in [5.41, 5.74) is 2.74. The molecule has 1 amide bonds. The zero-order valence-electron chi connectivity index (χ0n) is 15.0. The van der Waals surface area contributed by atoms with Crippen molar-refractivity contribution in [3.8, 4) is 0 Å². The molecule has 0 bridgehead atoms. The van der Waals surface area contributed by atoms with Crippen LogP contribution < -0.4 is 5.32 Å². The Morgan fingerprint density at radius 3 is 2.74 bits per heavy atom. The van der Waals surface area contributed by atoms with Gasteiger partial charge in [0.2, 0.25) is 5.91 Å². The number of benzene rings is 2. The van der Waals surface area contributed by atoms with Crippen molar-refractivity contribution in [2.45, 2.75) is 24.7 Å². The number of thioether (sulfide) groups is 1. The molecule has 1 fully saturated rings. The van der Waals surface area contributed by atoms with Crippen molar-refractivity contribution < 1.29 is 19.4 Å². The fraction of sp³-hybridized carbons (Fsp3) is 0.333. The maximum absolute atomic E-state index is 12.9. The van der Waals surface area contributed by atoms with Crippen LogP contribution in [0, 0.1) is 5.92 Å². The van der Waals surface area contributed by atoms with Gasteiger partial charge in [0.15, 0.2) is 0 Å². The van der Waals surface area contributed by atoms with Crippen molar-refractivity contribution in [1.29, 1.82) is 0 Å². The molecule has 1 saturated heterocycles. The van der Waals surface area contributed by atoms with E-state index in [1.807, 2.05) is 54.6 Å². The van der Waals surface area contributed by atoms with Crippen molar-refractivity contribution in [2.24, 2.45) is 5.92 Å². The largest absolute Gasteiger partial charge is 0.481 e. The van der Waals surface area contributed by atoms with E-state index in [1.54, 1.807) is 0 Å². The maximum Gasteiger partial charge on any atom is 0.313 e. The number of anilines is 1. The van der Waals surface area contributed by atoms with Gasteiger partial charge in [0.1, 0.15) is 0 Å². The van der Waals surface area contributed by atoms with E-state index in [-0.39, 0.29) is 23.7 Å². The topological polar surface area (TPSA) is 75.6 Å². The summed E-state index contributed by atoms with van der Waals surface area (Å²) >= 11 is 1.34. The molecule has 0 spiro atoms. The molecule has 1 aliphatic heterocycles. The lowest BCUT2D eigenvalue weighted by molar-refractivity contribution is -0.134. The zero-order valence-corrected chi connectivity index (χ0v) is 15.8. The highest BCUT2D eigenvalue weighted by molar-refractivity contribution is 7.99. The van der Waals surface area contributed by atoms with Crippen LogP contribution in [-0.4, -0.2) is 29.3 Å². The number of carbonyl (C=O) groups is 2. The predicted molar refractivity (Wildman–Crippen MR) is 107 cm³/mol. The fourth-order valence-electron chi connectivity index (χ4n) is 3.25. The van der Waals surface area contributed by atoms with E-state index in [4.69, 9.17) is 9.84 Å². The van der Waals surface area contributed by atoms with Gasteiger partial charge in [0.25, 0.3) is 0 Å². The first-order chi connectivity index (χ1) is 13.1. The number of rotatable bonds is 7. The van der Waals surface area contributed by atoms with E-state index in [2.05, 4.69) is 5.32 Å². The number of carboxylic acids is 1. The van der Waals surface area contributed by atoms with Crippen LogP contribution in [0.3, 0.4) is 0 Å². The predicted octanol–water partition coefficient (Wildman–Crippen LogP) is 4.11. The van der Waals surface area contributed by atoms with E-state index >= 15 is 0 Å². The quantitative estimate of drug-likeness (QED) is 0.750. The number of ether oxygens (including phenoxy) is 1. The van der Waals surface area contributed by atoms with Gasteiger partial charge in [-0.2, -0.15) is 0 Å². The molecule has 0 aromatic heterocycles. The molecule has 1 heterocycles. The SMILES string of the molecule is O=C(O)CSCc1cccc(NC(=O)C2CCCOC2c2ccccc2)c1. The highest BCUT2D eigenvalue weighted by Crippen LogP contribution is 2.34. The van der Waals surface area contributed by atoms with Crippen LogP contribution in [0.25, 0.3) is 0 Å². The molecule has 2 aromatic rings. The summed E-state index contributed by atoms with van der Waals surface area (Å²) in [6, 6.07) is 17.4. The van der Waals surface area contributed by atoms with Gasteiger partial charge in [0, 0.05) is 18.0 Å². The third-order valence-corrected chi connectivity index (χ3v) is 5.46. The van der Waals surface area contributed by atoms with Gasteiger partial charge < -0.3 is 15.2 Å². The number of amides is 1. The summed E-state index contributed by atoms with van der Waals surface area (Å²) in [4.78, 5) is 23.5. The van der Waals surface area contributed by atoms with Crippen LogP contribution in [0.1, 0.15) is 30.1 Å². The normalized spacial score (nSPS) is 19.4. The molecule has 0 radical (unpaired) electrons. The van der Waals surface area contributed by atoms with Gasteiger partial charge in [-0.05, 0) is 36.1 Å². The van der Waals surface area contributed by atoms with Crippen LogP contribution in [0.4, 0.5) is 5.69 Å². The van der Waals surface area contributed by atoms with Gasteiger partial charge in [-0.25, -0.2) is 0 Å². The minimum Gasteiger partial charge on any atom is -0.481 e. The van der Waals surface area contributed by atoms with E-state index in [9.17, 15) is 9.59 Å². The second-order valence-corrected chi connectivity index (χ2v) is 7.51. The summed E-state index contributed by atoms with van der Waals surface area (Å²) in [5.74, 6) is -0.442. The first kappa shape index (κ1) is 19.5. The Bertz CT molecular complexity index is 781. The lowest BCUT2D eigenvalue weighted by atomic mass is 9.88.